The Morgan fingerprint density at radius 2 is 2.00 bits per heavy atom. The first-order valence-corrected chi connectivity index (χ1v) is 8.79. The number of quaternary nitrogens is 1. The normalized spacial score (nSPS) is 15.4. The van der Waals surface area contributed by atoms with Gasteiger partial charge in [-0.3, -0.25) is 4.79 Å². The van der Waals surface area contributed by atoms with Gasteiger partial charge in [-0.25, -0.2) is 0 Å². The summed E-state index contributed by atoms with van der Waals surface area (Å²) in [7, 11) is 4.22. The lowest BCUT2D eigenvalue weighted by atomic mass is 9.96. The van der Waals surface area contributed by atoms with Crippen molar-refractivity contribution in [3.05, 3.63) is 24.3 Å². The van der Waals surface area contributed by atoms with E-state index in [0.29, 0.717) is 5.69 Å². The van der Waals surface area contributed by atoms with Crippen molar-refractivity contribution in [2.45, 2.75) is 12.8 Å². The van der Waals surface area contributed by atoms with Crippen molar-refractivity contribution in [2.75, 3.05) is 45.6 Å². The fraction of sp³-hybridized carbons (Fsp3) is 0.529. The summed E-state index contributed by atoms with van der Waals surface area (Å²) >= 11 is 5.42. The average molecular weight is 351 g/mol. The lowest BCUT2D eigenvalue weighted by Gasteiger charge is -2.33. The molecular weight excluding hydrogens is 324 g/mol. The highest BCUT2D eigenvalue weighted by molar-refractivity contribution is 7.80. The van der Waals surface area contributed by atoms with E-state index in [1.54, 1.807) is 24.3 Å². The molecule has 0 aromatic heterocycles. The number of hydrogen-bond donors (Lipinski definition) is 4. The van der Waals surface area contributed by atoms with Crippen molar-refractivity contribution in [1.82, 2.24) is 10.2 Å². The second-order valence-electron chi connectivity index (χ2n) is 6.46. The van der Waals surface area contributed by atoms with Crippen LogP contribution in [-0.4, -0.2) is 61.3 Å². The number of nitrogens with zero attached hydrogens (tertiary/aromatic N) is 1. The minimum atomic E-state index is -0.0464. The summed E-state index contributed by atoms with van der Waals surface area (Å²) in [5.41, 5.74) is 0.466. The third-order valence-corrected chi connectivity index (χ3v) is 4.62. The van der Waals surface area contributed by atoms with Crippen LogP contribution in [0.2, 0.25) is 0 Å². The van der Waals surface area contributed by atoms with Crippen molar-refractivity contribution in [1.29, 1.82) is 0 Å². The van der Waals surface area contributed by atoms with Crippen LogP contribution < -0.4 is 15.5 Å². The van der Waals surface area contributed by atoms with Crippen molar-refractivity contribution in [2.24, 2.45) is 5.92 Å². The Bertz CT molecular complexity index is 571. The number of likely N-dealkylation sites (N-methyl/N-ethyl adjacent to an activating group) is 1. The molecule has 1 aromatic carbocycles. The number of amides is 1. The minimum absolute atomic E-state index is 0.0359. The Morgan fingerprint density at radius 3 is 2.62 bits per heavy atom. The predicted octanol–water partition coefficient (Wildman–Crippen LogP) is 0.0617. The summed E-state index contributed by atoms with van der Waals surface area (Å²) in [6.07, 6.45) is 1.53. The van der Waals surface area contributed by atoms with E-state index in [4.69, 9.17) is 12.2 Å². The zero-order chi connectivity index (χ0) is 17.5. The standard InChI is InChI=1S/C17H26N4O2S/c1-20(2)12-9-18-17(24)21-10-7-13(8-11-21)16(23)19-14-5-3-4-6-15(14)22/h3-6,13,22H,7-12H2,1-2H3,(H,18,24)(H,19,23)/p+1. The Hall–Kier alpha value is -1.86. The van der Waals surface area contributed by atoms with Gasteiger partial charge < -0.3 is 25.5 Å². The minimum Gasteiger partial charge on any atom is -0.506 e. The first-order chi connectivity index (χ1) is 11.5. The number of hydrogen-bond acceptors (Lipinski definition) is 3. The number of anilines is 1. The molecule has 1 amide bonds. The van der Waals surface area contributed by atoms with Gasteiger partial charge in [0.15, 0.2) is 5.11 Å². The Labute approximate surface area is 148 Å². The molecule has 0 bridgehead atoms. The van der Waals surface area contributed by atoms with E-state index in [1.165, 1.54) is 4.90 Å². The summed E-state index contributed by atoms with van der Waals surface area (Å²) in [5.74, 6) is 0.0118. The Balaban J connectivity index is 1.76. The molecule has 0 unspecified atom stereocenters. The number of rotatable bonds is 5. The van der Waals surface area contributed by atoms with E-state index >= 15 is 0 Å². The van der Waals surface area contributed by atoms with Crippen LogP contribution in [0, 0.1) is 5.92 Å². The molecule has 1 aliphatic rings. The number of nitrogens with one attached hydrogen (secondary N) is 3. The molecule has 1 aliphatic heterocycles. The highest BCUT2D eigenvalue weighted by Gasteiger charge is 2.26. The number of thiocarbonyl (C=S) groups is 1. The highest BCUT2D eigenvalue weighted by Crippen LogP contribution is 2.24. The number of para-hydroxylation sites is 2. The van der Waals surface area contributed by atoms with Gasteiger partial charge >= 0.3 is 0 Å². The highest BCUT2D eigenvalue weighted by atomic mass is 32.1. The maximum atomic E-state index is 12.4. The van der Waals surface area contributed by atoms with E-state index in [0.717, 1.165) is 44.1 Å². The molecule has 0 spiro atoms. The second-order valence-corrected chi connectivity index (χ2v) is 6.84. The smallest absolute Gasteiger partial charge is 0.227 e. The van der Waals surface area contributed by atoms with Crippen LogP contribution in [0.25, 0.3) is 0 Å². The third kappa shape index (κ3) is 5.35. The maximum absolute atomic E-state index is 12.4. The zero-order valence-electron chi connectivity index (χ0n) is 14.3. The molecule has 7 heteroatoms. The summed E-state index contributed by atoms with van der Waals surface area (Å²) in [6.45, 7) is 3.42. The van der Waals surface area contributed by atoms with Gasteiger partial charge in [-0.15, -0.1) is 0 Å². The van der Waals surface area contributed by atoms with E-state index in [-0.39, 0.29) is 17.6 Å². The molecule has 1 aromatic rings. The average Bonchev–Trinajstić information content (AvgIpc) is 2.56. The topological polar surface area (TPSA) is 69.0 Å². The first-order valence-electron chi connectivity index (χ1n) is 8.38. The monoisotopic (exact) mass is 351 g/mol. The van der Waals surface area contributed by atoms with Crippen LogP contribution in [0.3, 0.4) is 0 Å². The summed E-state index contributed by atoms with van der Waals surface area (Å²) in [6, 6.07) is 6.79. The molecule has 132 valence electrons. The summed E-state index contributed by atoms with van der Waals surface area (Å²) in [4.78, 5) is 15.9. The number of piperidine rings is 1. The van der Waals surface area contributed by atoms with Crippen molar-refractivity contribution in [3.63, 3.8) is 0 Å². The molecular formula is C17H27N4O2S+. The molecule has 0 aliphatic carbocycles. The molecule has 1 fully saturated rings. The molecule has 6 nitrogen and oxygen atoms in total. The fourth-order valence-corrected chi connectivity index (χ4v) is 2.97. The van der Waals surface area contributed by atoms with E-state index < -0.39 is 0 Å². The number of phenols is 1. The van der Waals surface area contributed by atoms with Gasteiger partial charge in [-0.1, -0.05) is 12.1 Å². The predicted molar refractivity (Wildman–Crippen MR) is 99.3 cm³/mol. The first kappa shape index (κ1) is 18.5. The van der Waals surface area contributed by atoms with Crippen LogP contribution in [0.4, 0.5) is 5.69 Å². The molecule has 2 rings (SSSR count). The molecule has 0 radical (unpaired) electrons. The molecule has 24 heavy (non-hydrogen) atoms. The van der Waals surface area contributed by atoms with Crippen LogP contribution in [0.15, 0.2) is 24.3 Å². The second kappa shape index (κ2) is 8.84. The van der Waals surface area contributed by atoms with Crippen molar-refractivity contribution >= 4 is 28.9 Å². The van der Waals surface area contributed by atoms with Gasteiger partial charge in [0.05, 0.1) is 32.9 Å². The summed E-state index contributed by atoms with van der Waals surface area (Å²) < 4.78 is 0. The summed E-state index contributed by atoms with van der Waals surface area (Å²) in [5, 5.41) is 16.6. The molecule has 0 atom stereocenters. The van der Waals surface area contributed by atoms with E-state index in [9.17, 15) is 9.90 Å². The van der Waals surface area contributed by atoms with Crippen molar-refractivity contribution < 1.29 is 14.8 Å². The molecule has 1 saturated heterocycles. The lowest BCUT2D eigenvalue weighted by Crippen LogP contribution is -3.06. The number of carbonyl (C=O) groups excluding carboxylic acids is 1. The van der Waals surface area contributed by atoms with E-state index in [1.807, 2.05) is 0 Å². The molecule has 1 heterocycles. The van der Waals surface area contributed by atoms with Crippen LogP contribution in [0.1, 0.15) is 12.8 Å². The van der Waals surface area contributed by atoms with Crippen molar-refractivity contribution in [3.8, 4) is 5.75 Å². The Morgan fingerprint density at radius 1 is 1.33 bits per heavy atom. The fourth-order valence-electron chi connectivity index (χ4n) is 2.69. The quantitative estimate of drug-likeness (QED) is 0.446. The largest absolute Gasteiger partial charge is 0.506 e. The number of likely N-dealkylation sites (tertiary alicyclic amines) is 1. The van der Waals surface area contributed by atoms with Gasteiger partial charge in [0.2, 0.25) is 5.91 Å². The number of phenolic OH excluding ortho intramolecular Hbond substituents is 1. The SMILES string of the molecule is C[NH+](C)CCNC(=S)N1CCC(C(=O)Nc2ccccc2O)CC1. The maximum Gasteiger partial charge on any atom is 0.227 e. The zero-order valence-corrected chi connectivity index (χ0v) is 15.2. The van der Waals surface area contributed by atoms with E-state index in [2.05, 4.69) is 29.6 Å². The Kier molecular flexibility index (Phi) is 6.81. The van der Waals surface area contributed by atoms with Crippen LogP contribution in [0.5, 0.6) is 5.75 Å². The van der Waals surface area contributed by atoms with Gasteiger partial charge in [0.1, 0.15) is 5.75 Å². The third-order valence-electron chi connectivity index (χ3n) is 4.22. The molecule has 0 saturated carbocycles. The van der Waals surface area contributed by atoms with Crippen LogP contribution >= 0.6 is 12.2 Å². The van der Waals surface area contributed by atoms with Crippen LogP contribution in [-0.2, 0) is 4.79 Å². The number of benzene rings is 1. The van der Waals surface area contributed by atoms with Gasteiger partial charge in [-0.2, -0.15) is 0 Å². The lowest BCUT2D eigenvalue weighted by molar-refractivity contribution is -0.856. The molecule has 4 N–H and O–H groups in total. The van der Waals surface area contributed by atoms with Gasteiger partial charge in [-0.05, 0) is 37.2 Å². The van der Waals surface area contributed by atoms with Gasteiger partial charge in [0.25, 0.3) is 0 Å². The number of carbonyl (C=O) groups is 1. The number of aromatic hydroxyl groups is 1. The van der Waals surface area contributed by atoms with Gasteiger partial charge in [0, 0.05) is 19.0 Å².